The van der Waals surface area contributed by atoms with Crippen molar-refractivity contribution in [2.24, 2.45) is 11.3 Å². The molecule has 3 aromatic carbocycles. The molecule has 1 unspecified atom stereocenters. The van der Waals surface area contributed by atoms with Crippen molar-refractivity contribution < 1.29 is 19.4 Å². The van der Waals surface area contributed by atoms with E-state index in [-0.39, 0.29) is 0 Å². The molecule has 1 N–H and O–H groups in total. The summed E-state index contributed by atoms with van der Waals surface area (Å²) in [5.41, 5.74) is 2.37. The summed E-state index contributed by atoms with van der Waals surface area (Å²) < 4.78 is 12.1. The van der Waals surface area contributed by atoms with Gasteiger partial charge >= 0.3 is 5.97 Å². The first-order chi connectivity index (χ1) is 15.4. The van der Waals surface area contributed by atoms with E-state index in [0.29, 0.717) is 31.1 Å². The summed E-state index contributed by atoms with van der Waals surface area (Å²) >= 11 is 0. The standard InChI is InChI=1S/C28H30O4/c1-4-28(2,3)25(27(29)30)17-23-15-16-24(31-19-21-11-7-5-8-12-21)18-26(23)32-20-22-13-9-6-10-14-22/h4-16,18,25H,1,17,19-20H2,2-3H3,(H,29,30). The summed E-state index contributed by atoms with van der Waals surface area (Å²) in [4.78, 5) is 12.0. The van der Waals surface area contributed by atoms with E-state index in [1.165, 1.54) is 0 Å². The molecule has 0 heterocycles. The Morgan fingerprint density at radius 3 is 2.03 bits per heavy atom. The fraction of sp³-hybridized carbons (Fsp3) is 0.250. The lowest BCUT2D eigenvalue weighted by Gasteiger charge is -2.28. The van der Waals surface area contributed by atoms with Crippen molar-refractivity contribution in [2.75, 3.05) is 0 Å². The Labute approximate surface area is 190 Å². The Bertz CT molecular complexity index is 1030. The predicted molar refractivity (Wildman–Crippen MR) is 127 cm³/mol. The zero-order valence-corrected chi connectivity index (χ0v) is 18.7. The Morgan fingerprint density at radius 1 is 0.938 bits per heavy atom. The third-order valence-electron chi connectivity index (χ3n) is 5.67. The third kappa shape index (κ3) is 6.24. The zero-order valence-electron chi connectivity index (χ0n) is 18.7. The van der Waals surface area contributed by atoms with E-state index >= 15 is 0 Å². The second-order valence-electron chi connectivity index (χ2n) is 8.44. The molecule has 3 aromatic rings. The minimum absolute atomic E-state index is 0.331. The number of carboxylic acid groups (broad SMARTS) is 1. The van der Waals surface area contributed by atoms with Crippen molar-refractivity contribution in [3.05, 3.63) is 108 Å². The lowest BCUT2D eigenvalue weighted by atomic mass is 9.75. The van der Waals surface area contributed by atoms with Crippen LogP contribution in [-0.2, 0) is 24.4 Å². The molecule has 0 aliphatic rings. The second kappa shape index (κ2) is 10.7. The summed E-state index contributed by atoms with van der Waals surface area (Å²) in [7, 11) is 0. The number of hydrogen-bond acceptors (Lipinski definition) is 3. The molecular weight excluding hydrogens is 400 g/mol. The highest BCUT2D eigenvalue weighted by atomic mass is 16.5. The van der Waals surface area contributed by atoms with E-state index in [4.69, 9.17) is 9.47 Å². The van der Waals surface area contributed by atoms with Gasteiger partial charge in [0, 0.05) is 6.07 Å². The maximum Gasteiger partial charge on any atom is 0.307 e. The van der Waals surface area contributed by atoms with Crippen LogP contribution in [0.3, 0.4) is 0 Å². The minimum atomic E-state index is -0.853. The molecule has 0 amide bonds. The average Bonchev–Trinajstić information content (AvgIpc) is 2.81. The molecule has 0 bridgehead atoms. The molecule has 3 rings (SSSR count). The van der Waals surface area contributed by atoms with Crippen LogP contribution in [0.4, 0.5) is 0 Å². The van der Waals surface area contributed by atoms with Gasteiger partial charge in [0.15, 0.2) is 0 Å². The van der Waals surface area contributed by atoms with E-state index in [1.807, 2.05) is 92.7 Å². The van der Waals surface area contributed by atoms with Crippen LogP contribution in [0.25, 0.3) is 0 Å². The molecular formula is C28H30O4. The number of hydrogen-bond donors (Lipinski definition) is 1. The molecule has 0 spiro atoms. The summed E-state index contributed by atoms with van der Waals surface area (Å²) in [6.07, 6.45) is 2.03. The Morgan fingerprint density at radius 2 is 1.50 bits per heavy atom. The first-order valence-electron chi connectivity index (χ1n) is 10.7. The molecule has 0 aliphatic heterocycles. The first-order valence-corrected chi connectivity index (χ1v) is 10.7. The minimum Gasteiger partial charge on any atom is -0.489 e. The molecule has 0 radical (unpaired) electrons. The topological polar surface area (TPSA) is 55.8 Å². The van der Waals surface area contributed by atoms with Gasteiger partial charge in [-0.25, -0.2) is 0 Å². The molecule has 0 saturated heterocycles. The highest BCUT2D eigenvalue weighted by Gasteiger charge is 2.33. The van der Waals surface area contributed by atoms with Crippen molar-refractivity contribution >= 4 is 5.97 Å². The van der Waals surface area contributed by atoms with E-state index < -0.39 is 17.3 Å². The van der Waals surface area contributed by atoms with Gasteiger partial charge in [-0.05, 0) is 34.6 Å². The SMILES string of the molecule is C=CC(C)(C)C(Cc1ccc(OCc2ccccc2)cc1OCc1ccccc1)C(=O)O. The lowest BCUT2D eigenvalue weighted by Crippen LogP contribution is -2.31. The number of allylic oxidation sites excluding steroid dienone is 1. The van der Waals surface area contributed by atoms with Crippen LogP contribution in [0, 0.1) is 11.3 Å². The quantitative estimate of drug-likeness (QED) is 0.363. The summed E-state index contributed by atoms with van der Waals surface area (Å²) in [5, 5.41) is 9.85. The van der Waals surface area contributed by atoms with Crippen LogP contribution >= 0.6 is 0 Å². The fourth-order valence-corrected chi connectivity index (χ4v) is 3.43. The van der Waals surface area contributed by atoms with Gasteiger partial charge < -0.3 is 14.6 Å². The van der Waals surface area contributed by atoms with Gasteiger partial charge in [-0.3, -0.25) is 4.79 Å². The number of carbonyl (C=O) groups is 1. The van der Waals surface area contributed by atoms with Gasteiger partial charge in [-0.2, -0.15) is 0 Å². The van der Waals surface area contributed by atoms with Crippen molar-refractivity contribution in [3.8, 4) is 11.5 Å². The molecule has 0 saturated carbocycles. The number of benzene rings is 3. The first kappa shape index (κ1) is 23.1. The van der Waals surface area contributed by atoms with Crippen LogP contribution in [0.1, 0.15) is 30.5 Å². The lowest BCUT2D eigenvalue weighted by molar-refractivity contribution is -0.144. The highest BCUT2D eigenvalue weighted by Crippen LogP contribution is 2.35. The summed E-state index contributed by atoms with van der Waals surface area (Å²) in [5.74, 6) is -0.176. The van der Waals surface area contributed by atoms with Gasteiger partial charge in [0.05, 0.1) is 5.92 Å². The predicted octanol–water partition coefficient (Wildman–Crippen LogP) is 6.30. The Hall–Kier alpha value is -3.53. The molecule has 0 aliphatic carbocycles. The van der Waals surface area contributed by atoms with Crippen LogP contribution in [0.5, 0.6) is 11.5 Å². The van der Waals surface area contributed by atoms with Crippen molar-refractivity contribution in [2.45, 2.75) is 33.5 Å². The highest BCUT2D eigenvalue weighted by molar-refractivity contribution is 5.72. The van der Waals surface area contributed by atoms with E-state index in [0.717, 1.165) is 16.7 Å². The van der Waals surface area contributed by atoms with Gasteiger partial charge in [-0.1, -0.05) is 86.7 Å². The normalized spacial score (nSPS) is 12.1. The monoisotopic (exact) mass is 430 g/mol. The van der Waals surface area contributed by atoms with Crippen molar-refractivity contribution in [1.29, 1.82) is 0 Å². The maximum absolute atomic E-state index is 12.0. The van der Waals surface area contributed by atoms with Crippen LogP contribution in [0.15, 0.2) is 91.5 Å². The van der Waals surface area contributed by atoms with E-state index in [1.54, 1.807) is 6.08 Å². The van der Waals surface area contributed by atoms with Gasteiger partial charge in [0.1, 0.15) is 24.7 Å². The largest absolute Gasteiger partial charge is 0.489 e. The van der Waals surface area contributed by atoms with Gasteiger partial charge in [0.25, 0.3) is 0 Å². The summed E-state index contributed by atoms with van der Waals surface area (Å²) in [6, 6.07) is 25.4. The number of rotatable bonds is 11. The third-order valence-corrected chi connectivity index (χ3v) is 5.67. The van der Waals surface area contributed by atoms with Crippen molar-refractivity contribution in [3.63, 3.8) is 0 Å². The van der Waals surface area contributed by atoms with Crippen LogP contribution in [0.2, 0.25) is 0 Å². The Kier molecular flexibility index (Phi) is 7.72. The molecule has 32 heavy (non-hydrogen) atoms. The zero-order chi connectivity index (χ0) is 23.0. The van der Waals surface area contributed by atoms with E-state index in [9.17, 15) is 9.90 Å². The van der Waals surface area contributed by atoms with E-state index in [2.05, 4.69) is 6.58 Å². The van der Waals surface area contributed by atoms with Gasteiger partial charge in [-0.15, -0.1) is 6.58 Å². The smallest absolute Gasteiger partial charge is 0.307 e. The second-order valence-corrected chi connectivity index (χ2v) is 8.44. The van der Waals surface area contributed by atoms with Crippen molar-refractivity contribution in [1.82, 2.24) is 0 Å². The molecule has 166 valence electrons. The Balaban J connectivity index is 1.84. The van der Waals surface area contributed by atoms with Crippen LogP contribution in [-0.4, -0.2) is 11.1 Å². The fourth-order valence-electron chi connectivity index (χ4n) is 3.43. The molecule has 0 aromatic heterocycles. The number of aliphatic carboxylic acids is 1. The molecule has 1 atom stereocenters. The molecule has 4 nitrogen and oxygen atoms in total. The van der Waals surface area contributed by atoms with Gasteiger partial charge in [0.2, 0.25) is 0 Å². The average molecular weight is 431 g/mol. The number of ether oxygens (including phenoxy) is 2. The van der Waals surface area contributed by atoms with Crippen LogP contribution < -0.4 is 9.47 Å². The summed E-state index contributed by atoms with van der Waals surface area (Å²) in [6.45, 7) is 8.44. The molecule has 4 heteroatoms. The maximum atomic E-state index is 12.0. The molecule has 0 fully saturated rings. The number of carboxylic acids is 1.